The Morgan fingerprint density at radius 1 is 1.06 bits per heavy atom. The second kappa shape index (κ2) is 8.90. The van der Waals surface area contributed by atoms with Crippen molar-refractivity contribution in [1.29, 1.82) is 0 Å². The van der Waals surface area contributed by atoms with Crippen molar-refractivity contribution in [2.45, 2.75) is 41.5 Å². The van der Waals surface area contributed by atoms with E-state index >= 15 is 0 Å². The molecule has 1 aromatic heterocycles. The zero-order chi connectivity index (χ0) is 23.8. The van der Waals surface area contributed by atoms with Gasteiger partial charge in [0.25, 0.3) is 0 Å². The molecule has 33 heavy (non-hydrogen) atoms. The molecule has 0 unspecified atom stereocenters. The highest BCUT2D eigenvalue weighted by molar-refractivity contribution is 6.50. The molecule has 0 aliphatic carbocycles. The van der Waals surface area contributed by atoms with Gasteiger partial charge in [-0.1, -0.05) is 50.6 Å². The average Bonchev–Trinajstić information content (AvgIpc) is 3.33. The van der Waals surface area contributed by atoms with Gasteiger partial charge in [-0.15, -0.1) is 9.89 Å². The first-order valence-corrected chi connectivity index (χ1v) is 11.4. The van der Waals surface area contributed by atoms with E-state index in [9.17, 15) is 5.11 Å². The Morgan fingerprint density at radius 3 is 2.39 bits per heavy atom. The van der Waals surface area contributed by atoms with Crippen LogP contribution < -0.4 is 4.90 Å². The SMILES string of the molecule is CCN(CCO)c1ccc(N=C2C(C(C)(C)C)=Nn3nc(-c4ccc(C)cc4)nc32)c(C)c1. The Kier molecular flexibility index (Phi) is 6.17. The molecular formula is C26H32N6O. The summed E-state index contributed by atoms with van der Waals surface area (Å²) in [6, 6.07) is 14.4. The van der Waals surface area contributed by atoms with E-state index in [-0.39, 0.29) is 12.0 Å². The molecule has 0 radical (unpaired) electrons. The minimum atomic E-state index is -0.209. The number of fused-ring (bicyclic) bond motifs is 1. The summed E-state index contributed by atoms with van der Waals surface area (Å²) < 4.78 is 0. The fourth-order valence-electron chi connectivity index (χ4n) is 3.88. The summed E-state index contributed by atoms with van der Waals surface area (Å²) in [6.07, 6.45) is 0. The zero-order valence-electron chi connectivity index (χ0n) is 20.3. The van der Waals surface area contributed by atoms with Crippen molar-refractivity contribution in [3.8, 4) is 11.4 Å². The Hall–Kier alpha value is -3.32. The van der Waals surface area contributed by atoms with Crippen LogP contribution in [0.5, 0.6) is 0 Å². The van der Waals surface area contributed by atoms with Gasteiger partial charge in [0.1, 0.15) is 5.71 Å². The molecule has 2 heterocycles. The molecule has 4 rings (SSSR count). The highest BCUT2D eigenvalue weighted by Crippen LogP contribution is 2.30. The van der Waals surface area contributed by atoms with Crippen molar-refractivity contribution in [2.24, 2.45) is 15.5 Å². The Morgan fingerprint density at radius 2 is 1.79 bits per heavy atom. The van der Waals surface area contributed by atoms with Gasteiger partial charge in [0.05, 0.1) is 18.0 Å². The van der Waals surface area contributed by atoms with Crippen LogP contribution in [0, 0.1) is 19.3 Å². The number of aryl methyl sites for hydroxylation is 2. The third-order valence-corrected chi connectivity index (χ3v) is 5.77. The van der Waals surface area contributed by atoms with Crippen LogP contribution in [0.25, 0.3) is 11.4 Å². The van der Waals surface area contributed by atoms with Crippen LogP contribution in [0.2, 0.25) is 0 Å². The lowest BCUT2D eigenvalue weighted by molar-refractivity contribution is 0.302. The molecule has 1 N–H and O–H groups in total. The van der Waals surface area contributed by atoms with E-state index in [1.54, 1.807) is 4.79 Å². The van der Waals surface area contributed by atoms with Crippen molar-refractivity contribution in [3.63, 3.8) is 0 Å². The zero-order valence-corrected chi connectivity index (χ0v) is 20.3. The van der Waals surface area contributed by atoms with Crippen LogP contribution in [-0.2, 0) is 0 Å². The standard InChI is InChI=1S/C26H32N6O/c1-7-31(14-15-33)20-12-13-21(18(3)16-20)27-22-23(26(4,5)6)29-32-25(22)28-24(30-32)19-10-8-17(2)9-11-19/h8-13,16,33H,7,14-15H2,1-6H3. The van der Waals surface area contributed by atoms with E-state index in [1.165, 1.54) is 5.56 Å². The van der Waals surface area contributed by atoms with E-state index < -0.39 is 0 Å². The van der Waals surface area contributed by atoms with Crippen LogP contribution in [-0.4, -0.2) is 51.1 Å². The maximum atomic E-state index is 9.35. The molecule has 3 aromatic rings. The minimum Gasteiger partial charge on any atom is -0.395 e. The summed E-state index contributed by atoms with van der Waals surface area (Å²) in [5.74, 6) is 1.30. The Balaban J connectivity index is 1.76. The molecule has 0 saturated carbocycles. The summed E-state index contributed by atoms with van der Waals surface area (Å²) in [5.41, 5.74) is 6.58. The van der Waals surface area contributed by atoms with Crippen molar-refractivity contribution in [2.75, 3.05) is 24.6 Å². The normalized spacial score (nSPS) is 14.5. The Bertz CT molecular complexity index is 1210. The van der Waals surface area contributed by atoms with Gasteiger partial charge in [-0.05, 0) is 44.5 Å². The van der Waals surface area contributed by atoms with Crippen LogP contribution in [0.15, 0.2) is 52.6 Å². The molecular weight excluding hydrogens is 412 g/mol. The number of hydrogen-bond donors (Lipinski definition) is 1. The lowest BCUT2D eigenvalue weighted by Gasteiger charge is -2.23. The molecule has 0 amide bonds. The molecule has 1 aliphatic rings. The number of aliphatic hydroxyl groups is 1. The van der Waals surface area contributed by atoms with Gasteiger partial charge >= 0.3 is 0 Å². The van der Waals surface area contributed by atoms with Gasteiger partial charge in [0, 0.05) is 29.8 Å². The molecule has 2 aromatic carbocycles. The van der Waals surface area contributed by atoms with Gasteiger partial charge in [0.15, 0.2) is 5.82 Å². The van der Waals surface area contributed by atoms with Crippen LogP contribution in [0.1, 0.15) is 44.6 Å². The lowest BCUT2D eigenvalue weighted by Crippen LogP contribution is -2.27. The highest BCUT2D eigenvalue weighted by atomic mass is 16.3. The molecule has 0 atom stereocenters. The summed E-state index contributed by atoms with van der Waals surface area (Å²) >= 11 is 0. The molecule has 7 heteroatoms. The third kappa shape index (κ3) is 4.59. The fourth-order valence-corrected chi connectivity index (χ4v) is 3.88. The first-order valence-electron chi connectivity index (χ1n) is 11.4. The smallest absolute Gasteiger partial charge is 0.204 e. The van der Waals surface area contributed by atoms with E-state index in [0.29, 0.717) is 18.2 Å². The summed E-state index contributed by atoms with van der Waals surface area (Å²) in [6.45, 7) is 14.1. The monoisotopic (exact) mass is 444 g/mol. The molecule has 0 saturated heterocycles. The Labute approximate surface area is 195 Å². The number of aliphatic imine (C=N–C) groups is 1. The lowest BCUT2D eigenvalue weighted by atomic mass is 9.87. The maximum Gasteiger partial charge on any atom is 0.204 e. The van der Waals surface area contributed by atoms with E-state index in [0.717, 1.165) is 40.5 Å². The largest absolute Gasteiger partial charge is 0.395 e. The second-order valence-electron chi connectivity index (χ2n) is 9.45. The molecule has 172 valence electrons. The summed E-state index contributed by atoms with van der Waals surface area (Å²) in [7, 11) is 0. The molecule has 0 fully saturated rings. The van der Waals surface area contributed by atoms with E-state index in [4.69, 9.17) is 15.1 Å². The van der Waals surface area contributed by atoms with Gasteiger partial charge in [-0.25, -0.2) is 9.98 Å². The number of rotatable bonds is 6. The molecule has 7 nitrogen and oxygen atoms in total. The maximum absolute atomic E-state index is 9.35. The van der Waals surface area contributed by atoms with Gasteiger partial charge in [0.2, 0.25) is 5.82 Å². The quantitative estimate of drug-likeness (QED) is 0.594. The summed E-state index contributed by atoms with van der Waals surface area (Å²) in [4.78, 5) is 13.6. The first kappa shape index (κ1) is 22.9. The number of hydrogen-bond acceptors (Lipinski definition) is 6. The minimum absolute atomic E-state index is 0.126. The van der Waals surface area contributed by atoms with Crippen LogP contribution in [0.3, 0.4) is 0 Å². The van der Waals surface area contributed by atoms with Gasteiger partial charge in [-0.2, -0.15) is 5.10 Å². The van der Waals surface area contributed by atoms with Crippen molar-refractivity contribution in [3.05, 3.63) is 59.4 Å². The number of likely N-dealkylation sites (N-methyl/N-ethyl adjacent to an activating group) is 1. The van der Waals surface area contributed by atoms with Crippen molar-refractivity contribution >= 4 is 22.8 Å². The molecule has 0 spiro atoms. The predicted octanol–water partition coefficient (Wildman–Crippen LogP) is 4.77. The number of aromatic nitrogens is 3. The third-order valence-electron chi connectivity index (χ3n) is 5.77. The van der Waals surface area contributed by atoms with E-state index in [1.807, 2.05) is 18.2 Å². The average molecular weight is 445 g/mol. The number of benzene rings is 2. The molecule has 1 aliphatic heterocycles. The second-order valence-corrected chi connectivity index (χ2v) is 9.45. The first-order chi connectivity index (χ1) is 15.7. The fraction of sp³-hybridized carbons (Fsp3) is 0.385. The number of aliphatic hydroxyl groups excluding tert-OH is 1. The van der Waals surface area contributed by atoms with Gasteiger partial charge < -0.3 is 10.0 Å². The van der Waals surface area contributed by atoms with Gasteiger partial charge in [-0.3, -0.25) is 0 Å². The van der Waals surface area contributed by atoms with Crippen LogP contribution in [0.4, 0.5) is 11.4 Å². The highest BCUT2D eigenvalue weighted by Gasteiger charge is 2.35. The van der Waals surface area contributed by atoms with Crippen molar-refractivity contribution < 1.29 is 5.11 Å². The van der Waals surface area contributed by atoms with Crippen LogP contribution >= 0.6 is 0 Å². The van der Waals surface area contributed by atoms with E-state index in [2.05, 4.69) is 75.8 Å². The van der Waals surface area contributed by atoms with Crippen molar-refractivity contribution in [1.82, 2.24) is 14.9 Å². The number of anilines is 1. The predicted molar refractivity (Wildman–Crippen MR) is 135 cm³/mol. The number of nitrogens with zero attached hydrogens (tertiary/aromatic N) is 6. The summed E-state index contributed by atoms with van der Waals surface area (Å²) in [5, 5.41) is 18.8. The molecule has 0 bridgehead atoms. The topological polar surface area (TPSA) is 78.9 Å².